The summed E-state index contributed by atoms with van der Waals surface area (Å²) in [5.74, 6) is 0.561. The maximum Gasteiger partial charge on any atom is 0.336 e. The first-order valence-electron chi connectivity index (χ1n) is 8.72. The summed E-state index contributed by atoms with van der Waals surface area (Å²) < 4.78 is 0. The molecule has 0 aliphatic heterocycles. The third-order valence-electron chi connectivity index (χ3n) is 5.20. The highest BCUT2D eigenvalue weighted by Gasteiger charge is 2.21. The summed E-state index contributed by atoms with van der Waals surface area (Å²) in [6.45, 7) is 3.85. The van der Waals surface area contributed by atoms with Crippen LogP contribution in [0.3, 0.4) is 0 Å². The van der Waals surface area contributed by atoms with E-state index < -0.39 is 5.97 Å². The molecule has 0 atom stereocenters. The monoisotopic (exact) mass is 320 g/mol. The highest BCUT2D eigenvalue weighted by Crippen LogP contribution is 2.37. The molecule has 0 unspecified atom stereocenters. The van der Waals surface area contributed by atoms with Gasteiger partial charge in [0.15, 0.2) is 0 Å². The lowest BCUT2D eigenvalue weighted by Gasteiger charge is -2.28. The maximum atomic E-state index is 11.4. The molecule has 0 radical (unpaired) electrons. The standard InChI is InChI=1S/C22H24O2/c1-2-5-16-8-10-17(11-9-16)18-12-14-19(15-13-18)20-6-3-4-7-21(20)22(23)24/h2-4,6-7,12-17H,1,5,8-11H2,(H,23,24)/t16-,17-. The van der Waals surface area contributed by atoms with Crippen LogP contribution in [-0.4, -0.2) is 11.1 Å². The number of benzene rings is 2. The molecule has 0 saturated heterocycles. The Kier molecular flexibility index (Phi) is 5.14. The summed E-state index contributed by atoms with van der Waals surface area (Å²) in [6.07, 6.45) is 8.21. The highest BCUT2D eigenvalue weighted by atomic mass is 16.4. The minimum absolute atomic E-state index is 0.357. The molecular weight excluding hydrogens is 296 g/mol. The van der Waals surface area contributed by atoms with E-state index >= 15 is 0 Å². The summed E-state index contributed by atoms with van der Waals surface area (Å²) in [6, 6.07) is 15.7. The van der Waals surface area contributed by atoms with E-state index in [1.807, 2.05) is 18.2 Å². The van der Waals surface area contributed by atoms with Crippen LogP contribution in [0, 0.1) is 5.92 Å². The first kappa shape index (κ1) is 16.5. The molecule has 0 amide bonds. The van der Waals surface area contributed by atoms with Gasteiger partial charge in [-0.25, -0.2) is 4.79 Å². The minimum Gasteiger partial charge on any atom is -0.478 e. The Hall–Kier alpha value is -2.35. The van der Waals surface area contributed by atoms with Crippen LogP contribution in [0.5, 0.6) is 0 Å². The van der Waals surface area contributed by atoms with Crippen molar-refractivity contribution >= 4 is 5.97 Å². The fraction of sp³-hybridized carbons (Fsp3) is 0.318. The van der Waals surface area contributed by atoms with Crippen LogP contribution < -0.4 is 0 Å². The summed E-state index contributed by atoms with van der Waals surface area (Å²) in [4.78, 5) is 11.4. The topological polar surface area (TPSA) is 37.3 Å². The summed E-state index contributed by atoms with van der Waals surface area (Å²) in [5, 5.41) is 9.35. The second kappa shape index (κ2) is 7.48. The van der Waals surface area contributed by atoms with Crippen molar-refractivity contribution in [2.24, 2.45) is 5.92 Å². The average Bonchev–Trinajstić information content (AvgIpc) is 2.63. The Labute approximate surface area is 143 Å². The van der Waals surface area contributed by atoms with Crippen LogP contribution in [0.1, 0.15) is 53.9 Å². The second-order valence-corrected chi connectivity index (χ2v) is 6.71. The predicted octanol–water partition coefficient (Wildman–Crippen LogP) is 5.90. The van der Waals surface area contributed by atoms with Crippen molar-refractivity contribution in [3.63, 3.8) is 0 Å². The molecule has 2 nitrogen and oxygen atoms in total. The van der Waals surface area contributed by atoms with Crippen molar-refractivity contribution in [1.82, 2.24) is 0 Å². The first-order valence-corrected chi connectivity index (χ1v) is 8.72. The van der Waals surface area contributed by atoms with Crippen LogP contribution in [0.2, 0.25) is 0 Å². The number of aromatic carboxylic acids is 1. The van der Waals surface area contributed by atoms with Crippen LogP contribution in [-0.2, 0) is 0 Å². The Balaban J connectivity index is 1.75. The molecule has 0 spiro atoms. The molecule has 124 valence electrons. The molecule has 1 aliphatic carbocycles. The van der Waals surface area contributed by atoms with Gasteiger partial charge in [0.05, 0.1) is 5.56 Å². The normalized spacial score (nSPS) is 20.5. The van der Waals surface area contributed by atoms with E-state index in [4.69, 9.17) is 0 Å². The smallest absolute Gasteiger partial charge is 0.336 e. The molecule has 1 N–H and O–H groups in total. The lowest BCUT2D eigenvalue weighted by Crippen LogP contribution is -2.12. The van der Waals surface area contributed by atoms with Crippen molar-refractivity contribution < 1.29 is 9.90 Å². The molecular formula is C22H24O2. The van der Waals surface area contributed by atoms with Gasteiger partial charge in [0.25, 0.3) is 0 Å². The number of carboxylic acid groups (broad SMARTS) is 1. The van der Waals surface area contributed by atoms with E-state index in [1.165, 1.54) is 31.2 Å². The quantitative estimate of drug-likeness (QED) is 0.696. The molecule has 0 aromatic heterocycles. The zero-order chi connectivity index (χ0) is 16.9. The molecule has 1 saturated carbocycles. The van der Waals surface area contributed by atoms with E-state index in [-0.39, 0.29) is 0 Å². The van der Waals surface area contributed by atoms with Gasteiger partial charge in [-0.15, -0.1) is 6.58 Å². The van der Waals surface area contributed by atoms with E-state index in [2.05, 4.69) is 30.8 Å². The summed E-state index contributed by atoms with van der Waals surface area (Å²) in [5.41, 5.74) is 3.49. The van der Waals surface area contributed by atoms with E-state index in [0.29, 0.717) is 11.5 Å². The number of hydrogen-bond donors (Lipinski definition) is 1. The SMILES string of the molecule is C=CC[C@H]1CC[C@H](c2ccc(-c3ccccc3C(=O)O)cc2)CC1. The Morgan fingerprint density at radius 2 is 1.71 bits per heavy atom. The van der Waals surface area contributed by atoms with E-state index in [9.17, 15) is 9.90 Å². The Morgan fingerprint density at radius 1 is 1.04 bits per heavy atom. The molecule has 1 aliphatic rings. The number of carbonyl (C=O) groups is 1. The summed E-state index contributed by atoms with van der Waals surface area (Å²) in [7, 11) is 0. The van der Waals surface area contributed by atoms with Gasteiger partial charge in [-0.05, 0) is 66.7 Å². The fourth-order valence-electron chi connectivity index (χ4n) is 3.82. The van der Waals surface area contributed by atoms with Gasteiger partial charge in [-0.3, -0.25) is 0 Å². The molecule has 24 heavy (non-hydrogen) atoms. The van der Waals surface area contributed by atoms with Crippen LogP contribution in [0.4, 0.5) is 0 Å². The van der Waals surface area contributed by atoms with Crippen molar-refractivity contribution in [3.8, 4) is 11.1 Å². The third-order valence-corrected chi connectivity index (χ3v) is 5.20. The number of allylic oxidation sites excluding steroid dienone is 1. The van der Waals surface area contributed by atoms with Crippen LogP contribution >= 0.6 is 0 Å². The lowest BCUT2D eigenvalue weighted by atomic mass is 9.77. The fourth-order valence-corrected chi connectivity index (χ4v) is 3.82. The highest BCUT2D eigenvalue weighted by molar-refractivity contribution is 5.95. The van der Waals surface area contributed by atoms with Crippen LogP contribution in [0.25, 0.3) is 11.1 Å². The molecule has 2 heteroatoms. The van der Waals surface area contributed by atoms with Gasteiger partial charge < -0.3 is 5.11 Å². The lowest BCUT2D eigenvalue weighted by molar-refractivity contribution is 0.0697. The number of rotatable bonds is 5. The predicted molar refractivity (Wildman–Crippen MR) is 98.4 cm³/mol. The van der Waals surface area contributed by atoms with E-state index in [1.54, 1.807) is 12.1 Å². The third kappa shape index (κ3) is 3.59. The Morgan fingerprint density at radius 3 is 2.33 bits per heavy atom. The van der Waals surface area contributed by atoms with Gasteiger partial charge in [-0.2, -0.15) is 0 Å². The minimum atomic E-state index is -0.879. The van der Waals surface area contributed by atoms with Crippen LogP contribution in [0.15, 0.2) is 61.2 Å². The van der Waals surface area contributed by atoms with Crippen molar-refractivity contribution in [2.45, 2.75) is 38.0 Å². The van der Waals surface area contributed by atoms with Crippen molar-refractivity contribution in [2.75, 3.05) is 0 Å². The number of carboxylic acids is 1. The van der Waals surface area contributed by atoms with Gasteiger partial charge in [-0.1, -0.05) is 48.5 Å². The maximum absolute atomic E-state index is 11.4. The number of hydrogen-bond acceptors (Lipinski definition) is 1. The zero-order valence-corrected chi connectivity index (χ0v) is 13.9. The molecule has 2 aromatic rings. The molecule has 2 aromatic carbocycles. The molecule has 0 bridgehead atoms. The largest absolute Gasteiger partial charge is 0.478 e. The van der Waals surface area contributed by atoms with E-state index in [0.717, 1.165) is 23.5 Å². The summed E-state index contributed by atoms with van der Waals surface area (Å²) >= 11 is 0. The van der Waals surface area contributed by atoms with Gasteiger partial charge in [0.1, 0.15) is 0 Å². The molecule has 1 fully saturated rings. The van der Waals surface area contributed by atoms with Gasteiger partial charge in [0.2, 0.25) is 0 Å². The van der Waals surface area contributed by atoms with Crippen molar-refractivity contribution in [3.05, 3.63) is 72.3 Å². The second-order valence-electron chi connectivity index (χ2n) is 6.71. The molecule has 0 heterocycles. The Bertz CT molecular complexity index is 707. The average molecular weight is 320 g/mol. The molecule has 3 rings (SSSR count). The first-order chi connectivity index (χ1) is 11.7. The van der Waals surface area contributed by atoms with Gasteiger partial charge in [0, 0.05) is 0 Å². The van der Waals surface area contributed by atoms with Gasteiger partial charge >= 0.3 is 5.97 Å². The zero-order valence-electron chi connectivity index (χ0n) is 13.9. The van der Waals surface area contributed by atoms with Crippen molar-refractivity contribution in [1.29, 1.82) is 0 Å².